The number of likely N-dealkylation sites (tertiary alicyclic amines) is 2. The number of rotatable bonds is 8. The summed E-state index contributed by atoms with van der Waals surface area (Å²) in [6.45, 7) is 12.7. The Morgan fingerprint density at radius 2 is 1.76 bits per heavy atom. The first-order chi connectivity index (χ1) is 20.0. The quantitative estimate of drug-likeness (QED) is 0.445. The molecule has 0 aromatic carbocycles. The maximum absolute atomic E-state index is 14.2. The Bertz CT molecular complexity index is 1080. The van der Waals surface area contributed by atoms with Crippen molar-refractivity contribution in [1.29, 1.82) is 0 Å². The number of fused-ring (bicyclic) bond motifs is 3. The van der Waals surface area contributed by atoms with Gasteiger partial charge >= 0.3 is 0 Å². The molecule has 0 unspecified atom stereocenters. The smallest absolute Gasteiger partial charge is 0.247 e. The first-order valence-corrected chi connectivity index (χ1v) is 16.4. The molecule has 2 saturated carbocycles. The van der Waals surface area contributed by atoms with E-state index in [9.17, 15) is 14.4 Å². The van der Waals surface area contributed by atoms with Crippen LogP contribution in [0, 0.1) is 33.5 Å². The van der Waals surface area contributed by atoms with Gasteiger partial charge in [-0.05, 0) is 57.3 Å². The fourth-order valence-corrected chi connectivity index (χ4v) is 8.74. The highest BCUT2D eigenvalue weighted by Gasteiger charge is 2.60. The number of amides is 3. The molecule has 0 radical (unpaired) electrons. The number of hydrogen-bond acceptors (Lipinski definition) is 7. The van der Waals surface area contributed by atoms with E-state index in [0.717, 1.165) is 44.9 Å². The Hall–Kier alpha value is -1.75. The molecular weight excluding hydrogens is 536 g/mol. The van der Waals surface area contributed by atoms with Gasteiger partial charge in [0.15, 0.2) is 0 Å². The zero-order chi connectivity index (χ0) is 29.3. The van der Waals surface area contributed by atoms with Crippen LogP contribution >= 0.6 is 0 Å². The van der Waals surface area contributed by atoms with E-state index in [1.165, 1.54) is 0 Å². The molecule has 2 aliphatic carbocycles. The van der Waals surface area contributed by atoms with Gasteiger partial charge in [0.25, 0.3) is 0 Å². The van der Waals surface area contributed by atoms with Gasteiger partial charge in [-0.1, -0.05) is 13.8 Å². The molecule has 234 valence electrons. The third kappa shape index (κ3) is 5.08. The molecule has 2 bridgehead atoms. The van der Waals surface area contributed by atoms with Gasteiger partial charge in [0.1, 0.15) is 6.04 Å². The molecule has 10 nitrogen and oxygen atoms in total. The third-order valence-electron chi connectivity index (χ3n) is 12.1. The van der Waals surface area contributed by atoms with E-state index in [-0.39, 0.29) is 51.2 Å². The standard InChI is InChI=1S/C32H50N4O6/c1-21(41-19-30-8-5-22(6-9-30)42-20-30)25(28(39)35-10-4-7-31(14-35)17-40-18-31)34-26(37)24-12-33-13-32(24)15-36(16-32)27(38)23-11-29(23,2)3/h21-25,33H,4-20H2,1-3H3,(H,34,37)/t21-,22?,23-,24+,25+,30?/m1/s1. The fraction of sp³-hybridized carbons (Fsp3) is 0.906. The van der Waals surface area contributed by atoms with Crippen LogP contribution in [-0.2, 0) is 28.6 Å². The highest BCUT2D eigenvalue weighted by molar-refractivity contribution is 5.90. The molecule has 6 aliphatic heterocycles. The zero-order valence-corrected chi connectivity index (χ0v) is 25.8. The Morgan fingerprint density at radius 1 is 1.02 bits per heavy atom. The van der Waals surface area contributed by atoms with E-state index in [2.05, 4.69) is 24.5 Å². The summed E-state index contributed by atoms with van der Waals surface area (Å²) in [5.74, 6) is -0.111. The average molecular weight is 587 g/mol. The lowest BCUT2D eigenvalue weighted by Gasteiger charge is -2.51. The summed E-state index contributed by atoms with van der Waals surface area (Å²) in [6.07, 6.45) is 7.22. The van der Waals surface area contributed by atoms with Crippen molar-refractivity contribution in [2.24, 2.45) is 33.5 Å². The van der Waals surface area contributed by atoms with Crippen LogP contribution in [0.4, 0.5) is 0 Å². The lowest BCUT2D eigenvalue weighted by Crippen LogP contribution is -2.66. The molecule has 6 saturated heterocycles. The van der Waals surface area contributed by atoms with Gasteiger partial charge in [-0.2, -0.15) is 0 Å². The second-order valence-electron chi connectivity index (χ2n) is 15.9. The summed E-state index contributed by atoms with van der Waals surface area (Å²) in [4.78, 5) is 45.0. The predicted octanol–water partition coefficient (Wildman–Crippen LogP) is 1.57. The van der Waals surface area contributed by atoms with Crippen molar-refractivity contribution in [3.63, 3.8) is 0 Å². The minimum Gasteiger partial charge on any atom is -0.380 e. The summed E-state index contributed by atoms with van der Waals surface area (Å²) in [7, 11) is 0. The molecule has 4 atom stereocenters. The molecule has 8 rings (SSSR count). The first-order valence-electron chi connectivity index (χ1n) is 16.4. The number of piperidine rings is 1. The van der Waals surface area contributed by atoms with Crippen LogP contribution in [0.3, 0.4) is 0 Å². The lowest BCUT2D eigenvalue weighted by molar-refractivity contribution is -0.169. The largest absolute Gasteiger partial charge is 0.380 e. The summed E-state index contributed by atoms with van der Waals surface area (Å²) >= 11 is 0. The van der Waals surface area contributed by atoms with Gasteiger partial charge < -0.3 is 34.6 Å². The Labute approximate surface area is 249 Å². The highest BCUT2D eigenvalue weighted by atomic mass is 16.5. The number of carbonyl (C=O) groups excluding carboxylic acids is 3. The summed E-state index contributed by atoms with van der Waals surface area (Å²) in [5, 5.41) is 6.62. The van der Waals surface area contributed by atoms with Crippen molar-refractivity contribution in [2.75, 3.05) is 65.7 Å². The van der Waals surface area contributed by atoms with Crippen molar-refractivity contribution in [3.05, 3.63) is 0 Å². The summed E-state index contributed by atoms with van der Waals surface area (Å²) in [6, 6.07) is -0.756. The van der Waals surface area contributed by atoms with E-state index in [1.807, 2.05) is 16.7 Å². The second-order valence-corrected chi connectivity index (χ2v) is 15.9. The molecule has 6 heterocycles. The molecule has 2 spiro atoms. The van der Waals surface area contributed by atoms with Crippen LogP contribution in [0.5, 0.6) is 0 Å². The van der Waals surface area contributed by atoms with Crippen LogP contribution in [0.2, 0.25) is 0 Å². The molecular formula is C32H50N4O6. The van der Waals surface area contributed by atoms with Crippen molar-refractivity contribution in [3.8, 4) is 0 Å². The fourth-order valence-electron chi connectivity index (χ4n) is 8.74. The van der Waals surface area contributed by atoms with Crippen molar-refractivity contribution in [2.45, 2.75) is 84.0 Å². The Balaban J connectivity index is 1.03. The third-order valence-corrected chi connectivity index (χ3v) is 12.1. The molecule has 3 amide bonds. The Kier molecular flexibility index (Phi) is 7.19. The maximum atomic E-state index is 14.2. The SMILES string of the molecule is C[C@@H](OCC12CCC(CC1)OC2)[C@H](NC(=O)[C@@H]1CNCC12CN(C(=O)[C@H]1CC1(C)C)C2)C(=O)N1CCCC2(COC2)C1. The monoisotopic (exact) mass is 586 g/mol. The predicted molar refractivity (Wildman–Crippen MR) is 154 cm³/mol. The van der Waals surface area contributed by atoms with E-state index in [0.29, 0.717) is 71.8 Å². The van der Waals surface area contributed by atoms with Crippen molar-refractivity contribution < 1.29 is 28.6 Å². The van der Waals surface area contributed by atoms with Crippen LogP contribution in [0.1, 0.15) is 65.7 Å². The van der Waals surface area contributed by atoms with Crippen LogP contribution < -0.4 is 10.6 Å². The van der Waals surface area contributed by atoms with Crippen LogP contribution in [0.25, 0.3) is 0 Å². The normalized spacial score (nSPS) is 36.7. The van der Waals surface area contributed by atoms with E-state index in [1.54, 1.807) is 0 Å². The number of nitrogens with zero attached hydrogens (tertiary/aromatic N) is 2. The van der Waals surface area contributed by atoms with Crippen LogP contribution in [-0.4, -0.2) is 111 Å². The molecule has 8 fully saturated rings. The molecule has 0 aromatic rings. The molecule has 8 aliphatic rings. The summed E-state index contributed by atoms with van der Waals surface area (Å²) < 4.78 is 18.0. The van der Waals surface area contributed by atoms with E-state index >= 15 is 0 Å². The average Bonchev–Trinajstić information content (AvgIpc) is 3.38. The number of ether oxygens (including phenoxy) is 3. The Morgan fingerprint density at radius 3 is 2.38 bits per heavy atom. The van der Waals surface area contributed by atoms with Crippen molar-refractivity contribution in [1.82, 2.24) is 20.4 Å². The minimum absolute atomic E-state index is 0.0105. The molecule has 2 N–H and O–H groups in total. The number of hydrogen-bond donors (Lipinski definition) is 2. The second kappa shape index (κ2) is 10.4. The number of nitrogens with one attached hydrogen (secondary N) is 2. The van der Waals surface area contributed by atoms with Crippen LogP contribution in [0.15, 0.2) is 0 Å². The molecule has 0 aromatic heterocycles. The van der Waals surface area contributed by atoms with Gasteiger partial charge in [0, 0.05) is 61.4 Å². The zero-order valence-electron chi connectivity index (χ0n) is 25.8. The van der Waals surface area contributed by atoms with Crippen molar-refractivity contribution >= 4 is 17.7 Å². The maximum Gasteiger partial charge on any atom is 0.247 e. The van der Waals surface area contributed by atoms with Gasteiger partial charge in [-0.25, -0.2) is 0 Å². The van der Waals surface area contributed by atoms with E-state index < -0.39 is 12.1 Å². The topological polar surface area (TPSA) is 109 Å². The first kappa shape index (κ1) is 29.0. The summed E-state index contributed by atoms with van der Waals surface area (Å²) in [5.41, 5.74) is -0.112. The molecule has 42 heavy (non-hydrogen) atoms. The van der Waals surface area contributed by atoms with Gasteiger partial charge in [-0.15, -0.1) is 0 Å². The highest BCUT2D eigenvalue weighted by Crippen LogP contribution is 2.54. The minimum atomic E-state index is -0.756. The van der Waals surface area contributed by atoms with Gasteiger partial charge in [0.2, 0.25) is 17.7 Å². The van der Waals surface area contributed by atoms with E-state index in [4.69, 9.17) is 14.2 Å². The lowest BCUT2D eigenvalue weighted by atomic mass is 9.70. The van der Waals surface area contributed by atoms with Gasteiger partial charge in [0.05, 0.1) is 44.6 Å². The molecule has 10 heteroatoms. The number of carbonyl (C=O) groups is 3. The van der Waals surface area contributed by atoms with Gasteiger partial charge in [-0.3, -0.25) is 14.4 Å².